The Kier molecular flexibility index (Phi) is 5.00. The van der Waals surface area contributed by atoms with E-state index in [4.69, 9.17) is 0 Å². The Morgan fingerprint density at radius 3 is 2.58 bits per heavy atom. The number of rotatable bonds is 5. The van der Waals surface area contributed by atoms with Gasteiger partial charge >= 0.3 is 0 Å². The predicted octanol–water partition coefficient (Wildman–Crippen LogP) is 3.54. The van der Waals surface area contributed by atoms with Crippen LogP contribution < -0.4 is 0 Å². The van der Waals surface area contributed by atoms with Gasteiger partial charge in [-0.25, -0.2) is 0 Å². The zero-order valence-electron chi connectivity index (χ0n) is 12.5. The summed E-state index contributed by atoms with van der Waals surface area (Å²) in [6, 6.07) is 8.95. The van der Waals surface area contributed by atoms with E-state index in [2.05, 4.69) is 37.8 Å². The lowest BCUT2D eigenvalue weighted by Gasteiger charge is -2.28. The van der Waals surface area contributed by atoms with Gasteiger partial charge in [-0.1, -0.05) is 43.7 Å². The average Bonchev–Trinajstić information content (AvgIpc) is 2.85. The van der Waals surface area contributed by atoms with Crippen LogP contribution in [0.3, 0.4) is 0 Å². The number of nitrogens with zero attached hydrogens (tertiary/aromatic N) is 1. The van der Waals surface area contributed by atoms with Gasteiger partial charge in [0.25, 0.3) is 0 Å². The van der Waals surface area contributed by atoms with Gasteiger partial charge in [0, 0.05) is 12.6 Å². The Morgan fingerprint density at radius 2 is 1.95 bits per heavy atom. The molecule has 0 radical (unpaired) electrons. The van der Waals surface area contributed by atoms with Crippen molar-refractivity contribution in [1.29, 1.82) is 0 Å². The van der Waals surface area contributed by atoms with Crippen molar-refractivity contribution >= 4 is 0 Å². The second kappa shape index (κ2) is 6.53. The van der Waals surface area contributed by atoms with Gasteiger partial charge in [0.15, 0.2) is 0 Å². The lowest BCUT2D eigenvalue weighted by atomic mass is 10.0. The highest BCUT2D eigenvalue weighted by molar-refractivity contribution is 5.23. The minimum absolute atomic E-state index is 0.325. The molecule has 1 aromatic rings. The van der Waals surface area contributed by atoms with Crippen LogP contribution >= 0.6 is 0 Å². The Labute approximate surface area is 117 Å². The van der Waals surface area contributed by atoms with E-state index in [9.17, 15) is 5.11 Å². The van der Waals surface area contributed by atoms with Gasteiger partial charge in [-0.15, -0.1) is 0 Å². The number of aliphatic hydroxyl groups is 1. The maximum Gasteiger partial charge on any atom is 0.0802 e. The van der Waals surface area contributed by atoms with Crippen LogP contribution in [0.1, 0.15) is 50.3 Å². The third-order valence-corrected chi connectivity index (χ3v) is 4.34. The maximum atomic E-state index is 10.3. The molecule has 1 heterocycles. The van der Waals surface area contributed by atoms with Crippen molar-refractivity contribution in [2.75, 3.05) is 13.1 Å². The fourth-order valence-electron chi connectivity index (χ4n) is 3.13. The summed E-state index contributed by atoms with van der Waals surface area (Å²) in [6.45, 7) is 8.90. The summed E-state index contributed by atoms with van der Waals surface area (Å²) in [5.41, 5.74) is 2.29. The Hall–Kier alpha value is -0.860. The van der Waals surface area contributed by atoms with Crippen molar-refractivity contribution in [2.24, 2.45) is 5.92 Å². The average molecular weight is 261 g/mol. The van der Waals surface area contributed by atoms with E-state index in [0.717, 1.165) is 24.4 Å². The topological polar surface area (TPSA) is 23.5 Å². The summed E-state index contributed by atoms with van der Waals surface area (Å²) < 4.78 is 0. The molecular weight excluding hydrogens is 234 g/mol. The Bertz CT molecular complexity index is 385. The molecule has 0 bridgehead atoms. The quantitative estimate of drug-likeness (QED) is 0.876. The van der Waals surface area contributed by atoms with Crippen LogP contribution in [0.4, 0.5) is 0 Å². The van der Waals surface area contributed by atoms with Gasteiger partial charge in [-0.3, -0.25) is 0 Å². The molecule has 2 atom stereocenters. The third-order valence-electron chi connectivity index (χ3n) is 4.34. The number of benzene rings is 1. The third kappa shape index (κ3) is 3.80. The summed E-state index contributed by atoms with van der Waals surface area (Å²) >= 11 is 0. The van der Waals surface area contributed by atoms with Gasteiger partial charge in [-0.05, 0) is 44.2 Å². The zero-order valence-corrected chi connectivity index (χ0v) is 12.5. The van der Waals surface area contributed by atoms with Crippen LogP contribution in [0.5, 0.6) is 0 Å². The minimum atomic E-state index is -0.325. The van der Waals surface area contributed by atoms with Crippen molar-refractivity contribution in [3.8, 4) is 0 Å². The van der Waals surface area contributed by atoms with Gasteiger partial charge in [0.05, 0.1) is 6.10 Å². The van der Waals surface area contributed by atoms with Crippen LogP contribution in [0.15, 0.2) is 24.3 Å². The summed E-state index contributed by atoms with van der Waals surface area (Å²) in [5, 5.41) is 10.3. The number of aliphatic hydroxyl groups excluding tert-OH is 1. The zero-order chi connectivity index (χ0) is 13.8. The number of hydrogen-bond acceptors (Lipinski definition) is 2. The number of likely N-dealkylation sites (tertiary alicyclic amines) is 1. The molecule has 2 rings (SSSR count). The van der Waals surface area contributed by atoms with Crippen molar-refractivity contribution in [2.45, 2.75) is 52.2 Å². The van der Waals surface area contributed by atoms with Crippen LogP contribution in [0.25, 0.3) is 0 Å². The first-order valence-corrected chi connectivity index (χ1v) is 7.56. The molecule has 0 spiro atoms. The van der Waals surface area contributed by atoms with E-state index in [1.54, 1.807) is 0 Å². The van der Waals surface area contributed by atoms with E-state index in [1.807, 2.05) is 12.1 Å². The molecule has 1 N–H and O–H groups in total. The standard InChI is InChI=1S/C17H27NO/c1-13(2)16-5-4-11-18(16)12-10-17(19)15-8-6-14(3)7-9-15/h6-9,13,16-17,19H,4-5,10-12H2,1-3H3. The summed E-state index contributed by atoms with van der Waals surface area (Å²) in [7, 11) is 0. The fraction of sp³-hybridized carbons (Fsp3) is 0.647. The molecule has 1 fully saturated rings. The van der Waals surface area contributed by atoms with Gasteiger partial charge in [0.1, 0.15) is 0 Å². The molecule has 1 aliphatic rings. The Morgan fingerprint density at radius 1 is 1.26 bits per heavy atom. The van der Waals surface area contributed by atoms with Crippen molar-refractivity contribution in [3.63, 3.8) is 0 Å². The van der Waals surface area contributed by atoms with Gasteiger partial charge in [-0.2, -0.15) is 0 Å². The van der Waals surface area contributed by atoms with E-state index >= 15 is 0 Å². The van der Waals surface area contributed by atoms with Gasteiger partial charge < -0.3 is 10.0 Å². The molecule has 0 aliphatic carbocycles. The molecule has 1 saturated heterocycles. The highest BCUT2D eigenvalue weighted by atomic mass is 16.3. The predicted molar refractivity (Wildman–Crippen MR) is 80.2 cm³/mol. The first-order chi connectivity index (χ1) is 9.08. The molecule has 0 saturated carbocycles. The van der Waals surface area contributed by atoms with Crippen LogP contribution in [0, 0.1) is 12.8 Å². The first-order valence-electron chi connectivity index (χ1n) is 7.56. The van der Waals surface area contributed by atoms with Crippen LogP contribution in [-0.4, -0.2) is 29.1 Å². The van der Waals surface area contributed by atoms with Crippen LogP contribution in [0.2, 0.25) is 0 Å². The lowest BCUT2D eigenvalue weighted by molar-refractivity contribution is 0.128. The SMILES string of the molecule is Cc1ccc(C(O)CCN2CCCC2C(C)C)cc1. The minimum Gasteiger partial charge on any atom is -0.388 e. The van der Waals surface area contributed by atoms with E-state index < -0.39 is 0 Å². The van der Waals surface area contributed by atoms with Gasteiger partial charge in [0.2, 0.25) is 0 Å². The van der Waals surface area contributed by atoms with E-state index in [-0.39, 0.29) is 6.10 Å². The van der Waals surface area contributed by atoms with E-state index in [0.29, 0.717) is 6.04 Å². The Balaban J connectivity index is 1.86. The second-order valence-corrected chi connectivity index (χ2v) is 6.20. The first kappa shape index (κ1) is 14.5. The number of aryl methyl sites for hydroxylation is 1. The summed E-state index contributed by atoms with van der Waals surface area (Å²) in [5.74, 6) is 0.721. The van der Waals surface area contributed by atoms with E-state index in [1.165, 1.54) is 24.9 Å². The van der Waals surface area contributed by atoms with Crippen molar-refractivity contribution in [3.05, 3.63) is 35.4 Å². The monoisotopic (exact) mass is 261 g/mol. The lowest BCUT2D eigenvalue weighted by Crippen LogP contribution is -2.34. The van der Waals surface area contributed by atoms with Crippen molar-refractivity contribution in [1.82, 2.24) is 4.90 Å². The molecule has 2 heteroatoms. The number of hydrogen-bond donors (Lipinski definition) is 1. The molecule has 0 amide bonds. The smallest absolute Gasteiger partial charge is 0.0802 e. The maximum absolute atomic E-state index is 10.3. The molecule has 1 aliphatic heterocycles. The van der Waals surface area contributed by atoms with Crippen LogP contribution in [-0.2, 0) is 0 Å². The summed E-state index contributed by atoms with van der Waals surface area (Å²) in [6.07, 6.45) is 3.14. The second-order valence-electron chi connectivity index (χ2n) is 6.20. The highest BCUT2D eigenvalue weighted by Crippen LogP contribution is 2.25. The van der Waals surface area contributed by atoms with Crippen molar-refractivity contribution < 1.29 is 5.11 Å². The fourth-order valence-corrected chi connectivity index (χ4v) is 3.13. The molecule has 1 aromatic carbocycles. The molecule has 106 valence electrons. The molecule has 0 aromatic heterocycles. The highest BCUT2D eigenvalue weighted by Gasteiger charge is 2.27. The molecular formula is C17H27NO. The molecule has 2 nitrogen and oxygen atoms in total. The normalized spacial score (nSPS) is 22.1. The molecule has 2 unspecified atom stereocenters. The largest absolute Gasteiger partial charge is 0.388 e. The molecule has 19 heavy (non-hydrogen) atoms. The summed E-state index contributed by atoms with van der Waals surface area (Å²) in [4.78, 5) is 2.56.